The first-order valence-electron chi connectivity index (χ1n) is 3.77. The minimum absolute atomic E-state index is 0.164. The molecule has 4 heteroatoms. The fourth-order valence-corrected chi connectivity index (χ4v) is 3.52. The molecule has 2 rings (SSSR count). The van der Waals surface area contributed by atoms with Gasteiger partial charge in [-0.05, 0) is 0 Å². The van der Waals surface area contributed by atoms with E-state index in [2.05, 4.69) is 32.6 Å². The van der Waals surface area contributed by atoms with Crippen LogP contribution in [-0.4, -0.2) is 28.0 Å². The van der Waals surface area contributed by atoms with Crippen molar-refractivity contribution in [3.63, 3.8) is 0 Å². The second-order valence-corrected chi connectivity index (χ2v) is 5.58. The van der Waals surface area contributed by atoms with E-state index in [0.29, 0.717) is 0 Å². The van der Waals surface area contributed by atoms with E-state index in [1.807, 2.05) is 0 Å². The van der Waals surface area contributed by atoms with Crippen LogP contribution < -0.4 is 21.2 Å². The first-order chi connectivity index (χ1) is 5.92. The molecule has 0 aromatic rings. The van der Waals surface area contributed by atoms with Crippen molar-refractivity contribution >= 4 is 17.8 Å². The monoisotopic (exact) mass is 293 g/mol. The van der Waals surface area contributed by atoms with E-state index < -0.39 is 0 Å². The molecule has 0 saturated carbocycles. The zero-order valence-electron chi connectivity index (χ0n) is 6.83. The first kappa shape index (κ1) is 8.62. The van der Waals surface area contributed by atoms with Gasteiger partial charge in [0.05, 0.1) is 0 Å². The van der Waals surface area contributed by atoms with Crippen molar-refractivity contribution in [2.24, 2.45) is 4.40 Å². The molecule has 2 heterocycles. The van der Waals surface area contributed by atoms with Crippen LogP contribution in [0.4, 0.5) is 0 Å². The second kappa shape index (κ2) is 3.83. The van der Waals surface area contributed by atoms with E-state index in [-0.39, 0.29) is 21.2 Å². The Balaban J connectivity index is 2.30. The number of allylic oxidation sites excluding steroid dienone is 2. The third kappa shape index (κ3) is 1.54. The number of fused-ring (bicyclic) bond motifs is 1. The Morgan fingerprint density at radius 2 is 2.58 bits per heavy atom. The Bertz CT molecular complexity index is 270. The molecule has 66 valence electrons. The van der Waals surface area contributed by atoms with Gasteiger partial charge in [-0.1, -0.05) is 0 Å². The summed E-state index contributed by atoms with van der Waals surface area (Å²) in [7, 11) is 0. The van der Waals surface area contributed by atoms with Crippen LogP contribution in [0.25, 0.3) is 0 Å². The van der Waals surface area contributed by atoms with Gasteiger partial charge in [0.25, 0.3) is 0 Å². The fourth-order valence-electron chi connectivity index (χ4n) is 1.18. The predicted octanol–water partition coefficient (Wildman–Crippen LogP) is -1.52. The van der Waals surface area contributed by atoms with Gasteiger partial charge in [-0.15, -0.1) is 0 Å². The van der Waals surface area contributed by atoms with Crippen molar-refractivity contribution in [1.29, 1.82) is 0 Å². The third-order valence-electron chi connectivity index (χ3n) is 1.77. The van der Waals surface area contributed by atoms with Gasteiger partial charge in [0.2, 0.25) is 0 Å². The molecular weight excluding hydrogens is 283 g/mol. The fraction of sp³-hybridized carbons (Fsp3) is 0.375. The maximum absolute atomic E-state index is 4.47. The summed E-state index contributed by atoms with van der Waals surface area (Å²) < 4.78 is 5.93. The van der Waals surface area contributed by atoms with Crippen LogP contribution in [0.5, 0.6) is 0 Å². The summed E-state index contributed by atoms with van der Waals surface area (Å²) in [5.74, 6) is 2.33. The zero-order valence-corrected chi connectivity index (χ0v) is 9.80. The van der Waals surface area contributed by atoms with Gasteiger partial charge in [-0.2, -0.15) is 0 Å². The van der Waals surface area contributed by atoms with Crippen molar-refractivity contribution in [1.82, 2.24) is 4.90 Å². The van der Waals surface area contributed by atoms with Crippen LogP contribution in [0.2, 0.25) is 0 Å². The van der Waals surface area contributed by atoms with E-state index in [0.717, 1.165) is 12.3 Å². The molecule has 0 radical (unpaired) electrons. The molecule has 0 saturated heterocycles. The van der Waals surface area contributed by atoms with Crippen molar-refractivity contribution in [2.45, 2.75) is 0 Å². The Morgan fingerprint density at radius 1 is 1.67 bits per heavy atom. The molecule has 0 spiro atoms. The summed E-state index contributed by atoms with van der Waals surface area (Å²) in [6.07, 6.45) is 6.46. The summed E-state index contributed by atoms with van der Waals surface area (Å²) in [5.41, 5.74) is 0. The molecule has 2 nitrogen and oxygen atoms in total. The summed E-state index contributed by atoms with van der Waals surface area (Å²) in [5, 5.41) is 0. The van der Waals surface area contributed by atoms with Gasteiger partial charge in [-0.25, -0.2) is 0 Å². The molecule has 0 N–H and O–H groups in total. The molecular formula is C8H10IN2S-. The molecule has 0 aromatic heterocycles. The summed E-state index contributed by atoms with van der Waals surface area (Å²) in [4.78, 5) is 4.54. The molecule has 0 atom stereocenters. The average Bonchev–Trinajstić information content (AvgIpc) is 2.17. The molecule has 0 amide bonds. The molecule has 0 fully saturated rings. The second-order valence-electron chi connectivity index (χ2n) is 2.49. The molecule has 2 aliphatic heterocycles. The molecule has 12 heavy (non-hydrogen) atoms. The summed E-state index contributed by atoms with van der Waals surface area (Å²) >= 11 is 1.85. The van der Waals surface area contributed by atoms with E-state index in [1.165, 1.54) is 9.42 Å². The Labute approximate surface area is 87.2 Å². The number of alkyl halides is 1. The quantitative estimate of drug-likeness (QED) is 0.331. The van der Waals surface area contributed by atoms with Crippen molar-refractivity contribution in [2.75, 3.05) is 17.2 Å². The van der Waals surface area contributed by atoms with Gasteiger partial charge in [0, 0.05) is 0 Å². The SMILES string of the molecule is C[I-]C1=CC=CN2CCSN=C12. The molecule has 0 aromatic carbocycles. The normalized spacial score (nSPS) is 21.9. The van der Waals surface area contributed by atoms with Gasteiger partial charge in [-0.3, -0.25) is 0 Å². The number of amidine groups is 1. The van der Waals surface area contributed by atoms with Crippen LogP contribution in [0.3, 0.4) is 0 Å². The van der Waals surface area contributed by atoms with Crippen LogP contribution in [-0.2, 0) is 0 Å². The van der Waals surface area contributed by atoms with E-state index >= 15 is 0 Å². The minimum atomic E-state index is 0.164. The Hall–Kier alpha value is 0.0300. The number of halogens is 1. The molecule has 0 bridgehead atoms. The molecule has 2 aliphatic rings. The number of rotatable bonds is 1. The van der Waals surface area contributed by atoms with E-state index in [4.69, 9.17) is 0 Å². The molecule has 0 unspecified atom stereocenters. The summed E-state index contributed by atoms with van der Waals surface area (Å²) in [6.45, 7) is 1.11. The van der Waals surface area contributed by atoms with Crippen LogP contribution in [0, 0.1) is 0 Å². The van der Waals surface area contributed by atoms with Gasteiger partial charge in [0.1, 0.15) is 0 Å². The predicted molar refractivity (Wildman–Crippen MR) is 49.7 cm³/mol. The topological polar surface area (TPSA) is 15.6 Å². The standard InChI is InChI=1S/C8H10IN2S/c1-9-7-3-2-4-11-5-6-12-10-8(7)11/h2-4H,5-6H2,1H3/q-1. The molecule has 0 aliphatic carbocycles. The van der Waals surface area contributed by atoms with Gasteiger partial charge >= 0.3 is 87.4 Å². The van der Waals surface area contributed by atoms with E-state index in [1.54, 1.807) is 11.9 Å². The summed E-state index contributed by atoms with van der Waals surface area (Å²) in [6, 6.07) is 0. The maximum atomic E-state index is 4.47. The van der Waals surface area contributed by atoms with Crippen molar-refractivity contribution in [3.05, 3.63) is 21.9 Å². The van der Waals surface area contributed by atoms with Crippen LogP contribution in [0.1, 0.15) is 0 Å². The third-order valence-corrected chi connectivity index (χ3v) is 4.44. The van der Waals surface area contributed by atoms with E-state index in [9.17, 15) is 0 Å². The van der Waals surface area contributed by atoms with Crippen LogP contribution in [0.15, 0.2) is 26.3 Å². The van der Waals surface area contributed by atoms with Crippen molar-refractivity contribution < 1.29 is 21.2 Å². The Kier molecular flexibility index (Phi) is 2.75. The number of hydrogen-bond acceptors (Lipinski definition) is 3. The first-order valence-corrected chi connectivity index (χ1v) is 7.94. The van der Waals surface area contributed by atoms with Gasteiger partial charge in [0.15, 0.2) is 0 Å². The van der Waals surface area contributed by atoms with Crippen LogP contribution >= 0.6 is 11.9 Å². The zero-order chi connectivity index (χ0) is 8.39. The van der Waals surface area contributed by atoms with Crippen molar-refractivity contribution in [3.8, 4) is 0 Å². The number of hydrogen-bond donors (Lipinski definition) is 0. The Morgan fingerprint density at radius 3 is 3.42 bits per heavy atom. The average molecular weight is 293 g/mol. The van der Waals surface area contributed by atoms with Gasteiger partial charge < -0.3 is 0 Å². The number of nitrogens with zero attached hydrogens (tertiary/aromatic N) is 2.